The van der Waals surface area contributed by atoms with Crippen molar-refractivity contribution in [3.8, 4) is 0 Å². The number of nitrogens with one attached hydrogen (secondary N) is 10. The van der Waals surface area contributed by atoms with Gasteiger partial charge in [0.1, 0.15) is 50.6 Å². The number of carbonyl (C=O) groups is 14. The zero-order valence-corrected chi connectivity index (χ0v) is 93.6. The summed E-state index contributed by atoms with van der Waals surface area (Å²) in [5, 5.41) is 90.6. The molecule has 2 aromatic carbocycles. The number of likely N-dealkylation sites (tertiary alicyclic amines) is 1. The van der Waals surface area contributed by atoms with E-state index in [9.17, 15) is 77.3 Å². The molecule has 2 aromatic rings. The number of ether oxygens (including phenoxy) is 12. The van der Waals surface area contributed by atoms with Gasteiger partial charge >= 0.3 is 36.4 Å². The molecule has 0 aromatic heterocycles. The molecule has 47 nitrogen and oxygen atoms in total. The Balaban J connectivity index is 0.00000329. The van der Waals surface area contributed by atoms with Crippen molar-refractivity contribution < 1.29 is 160 Å². The number of rotatable bonds is 70. The number of nitrogens with two attached hydrogens (primary N) is 1. The number of hydrogen-bond donors (Lipinski definition) is 18. The van der Waals surface area contributed by atoms with Crippen LogP contribution in [0.5, 0.6) is 0 Å². The molecule has 150 heavy (non-hydrogen) atoms. The lowest BCUT2D eigenvalue weighted by molar-refractivity contribution is -0.181. The summed E-state index contributed by atoms with van der Waals surface area (Å²) in [6, 6.07) is 9.31. The van der Waals surface area contributed by atoms with Crippen LogP contribution in [0.1, 0.15) is 211 Å². The number of nitrogens with zero attached hydrogens (tertiary/aromatic N) is 3. The summed E-state index contributed by atoms with van der Waals surface area (Å²) in [7, 11) is 12.1. The van der Waals surface area contributed by atoms with E-state index in [2.05, 4.69) is 53.2 Å². The van der Waals surface area contributed by atoms with E-state index in [1.807, 2.05) is 118 Å². The Kier molecular flexibility index (Phi) is 75.6. The number of carboxylic acids is 1. The highest BCUT2D eigenvalue weighted by atomic mass is 33.1. The molecule has 0 bridgehead atoms. The minimum absolute atomic E-state index is 0.0130. The molecule has 19 N–H and O–H groups in total. The monoisotopic (exact) mass is 2180 g/mol. The maximum Gasteiger partial charge on any atom is 0.410 e. The summed E-state index contributed by atoms with van der Waals surface area (Å²) in [5.74, 6) is -5.54. The van der Waals surface area contributed by atoms with Gasteiger partial charge in [-0.05, 0) is 123 Å². The van der Waals surface area contributed by atoms with Crippen LogP contribution in [0, 0.1) is 41.4 Å². The van der Waals surface area contributed by atoms with Gasteiger partial charge in [0.25, 0.3) is 0 Å². The molecule has 14 amide bonds. The predicted octanol–water partition coefficient (Wildman–Crippen LogP) is 6.39. The van der Waals surface area contributed by atoms with Crippen LogP contribution in [0.15, 0.2) is 54.6 Å². The fourth-order valence-electron chi connectivity index (χ4n) is 15.2. The van der Waals surface area contributed by atoms with Crippen molar-refractivity contribution in [2.75, 3.05) is 152 Å². The minimum atomic E-state index is -1.15. The molecule has 1 aliphatic rings. The van der Waals surface area contributed by atoms with Gasteiger partial charge in [-0.25, -0.2) is 24.0 Å². The largest absolute Gasteiger partial charge is 0.481 e. The second kappa shape index (κ2) is 80.9. The molecular formula is C101H178N14O33S2. The van der Waals surface area contributed by atoms with Crippen molar-refractivity contribution in [3.63, 3.8) is 0 Å². The number of aliphatic carboxylic acids is 1. The van der Waals surface area contributed by atoms with Gasteiger partial charge in [-0.2, -0.15) is 0 Å². The number of aliphatic hydroxyl groups excluding tert-OH is 6. The van der Waals surface area contributed by atoms with E-state index in [0.29, 0.717) is 62.0 Å². The lowest BCUT2D eigenvalue weighted by atomic mass is 9.84. The summed E-state index contributed by atoms with van der Waals surface area (Å²) in [6.07, 6.45) is -1.68. The van der Waals surface area contributed by atoms with Crippen molar-refractivity contribution in [1.82, 2.24) is 62.6 Å². The fraction of sp³-hybridized carbons (Fsp3) is 0.743. The minimum Gasteiger partial charge on any atom is -0.481 e. The van der Waals surface area contributed by atoms with Crippen LogP contribution in [0.2, 0.25) is 0 Å². The van der Waals surface area contributed by atoms with Crippen molar-refractivity contribution in [3.05, 3.63) is 65.7 Å². The van der Waals surface area contributed by atoms with Crippen molar-refractivity contribution in [2.24, 2.45) is 47.2 Å². The molecule has 3 rings (SSSR count). The van der Waals surface area contributed by atoms with Gasteiger partial charge in [0.15, 0.2) is 25.2 Å². The number of urea groups is 1. The van der Waals surface area contributed by atoms with Crippen molar-refractivity contribution in [2.45, 2.75) is 299 Å². The number of anilines is 1. The SMILES string of the molecule is CCC(CO)OC(CO)OC.CCC(CO)OC(COC(=O)NCCC(=O)NCCSSC)OC.CCC(CO)OC(COC(=O)NCCC(=O)N[C@@H](C(=O)N[C@H](CCCNC(N)=O)C(=O)Nc1ccc(COC(=O)N(C)[C@H](C(=O)N[C@H](C(=O)N(C)[C@H]([C@H](C)CC(=O)N2CCC[C@H]2[C@H](C)[C@@H](C)C(=O)N[C@H](C)[C@@H](O)c2ccccc2)[C@@H](C)CC)C(C)C)C(C)C)cc1)C(C)C)OC.CCC(CO)OC(COC(=O)NCCC(=O)O)OC. The van der Waals surface area contributed by atoms with Gasteiger partial charge in [-0.15, -0.1) is 0 Å². The maximum absolute atomic E-state index is 14.7. The van der Waals surface area contributed by atoms with E-state index in [1.165, 1.54) is 40.4 Å². The van der Waals surface area contributed by atoms with E-state index < -0.39 is 151 Å². The number of hydrogen-bond acceptors (Lipinski definition) is 34. The molecule has 8 unspecified atom stereocenters. The molecule has 1 saturated heterocycles. The zero-order chi connectivity index (χ0) is 114. The first-order chi connectivity index (χ1) is 71.2. The van der Waals surface area contributed by atoms with Gasteiger partial charge in [-0.1, -0.05) is 174 Å². The lowest BCUT2D eigenvalue weighted by Gasteiger charge is -2.40. The van der Waals surface area contributed by atoms with Gasteiger partial charge in [0.2, 0.25) is 47.3 Å². The summed E-state index contributed by atoms with van der Waals surface area (Å²) in [4.78, 5) is 184. The smallest absolute Gasteiger partial charge is 0.410 e. The molecule has 1 aliphatic heterocycles. The maximum atomic E-state index is 14.7. The third-order valence-electron chi connectivity index (χ3n) is 24.5. The van der Waals surface area contributed by atoms with E-state index in [0.717, 1.165) is 18.6 Å². The summed E-state index contributed by atoms with van der Waals surface area (Å²) >= 11 is 0. The number of alkyl carbamates (subject to hydrolysis) is 3. The Morgan fingerprint density at radius 3 is 1.41 bits per heavy atom. The average Bonchev–Trinajstić information content (AvgIpc) is 1.63. The molecule has 862 valence electrons. The Bertz CT molecular complexity index is 4120. The van der Waals surface area contributed by atoms with Crippen LogP contribution in [-0.4, -0.2) is 373 Å². The fourth-order valence-corrected chi connectivity index (χ4v) is 16.3. The zero-order valence-electron chi connectivity index (χ0n) is 92.0. The standard InChI is InChI=1S/C69H113N11O16.C14H28N2O6S2.C11H21NO7.C7H16O4/c1-17-43(9)60(44(10)36-55(83)80-35-23-27-53(80)45(11)46(12)62(85)73-47(13)61(84)49-24-20-19-21-25-49)78(14)66(89)58(41(5)6)77-65(88)59(42(7)8)79(15)69(92)95-38-48-28-30-50(31-29-48)74-63(86)52(26-22-33-71-67(70)90)75-64(87)57(40(3)4)76-54(82)32-34-72-68(91)94-39-56(93-16)96-51(18-2)37-81;1-4-11(9-17)22-13(20-2)10-21-14(19)16-6-5-12(18)15-7-8-24-23-3;1-3-8(6-13)19-10(17-2)7-18-11(16)12-5-4-9(14)15;1-3-6(4-8)11-7(5-9)10-2/h19-21,24-25,28-31,40-47,51-53,56-61,81,84H,17-18,22-23,26-27,32-39H2,1-16H3,(H,72,91)(H,73,85)(H,74,86)(H,75,87)(H,76,82)(H,77,88)(H3,70,71,90);11,13,17H,4-10H2,1-3H3,(H,15,18)(H,16,19);8,10,13H,3-7H2,1-2H3,(H,12,16)(H,14,15);6-9H,3-5H2,1-2H3/t43-,44+,45+,46+,47+,51?,52+,53-,56?,57+,58-,59-,60-,61+;;;/m0.../s1. The summed E-state index contributed by atoms with van der Waals surface area (Å²) in [5.41, 5.74) is 6.79. The molecule has 1 heterocycles. The highest BCUT2D eigenvalue weighted by molar-refractivity contribution is 8.76. The van der Waals surface area contributed by atoms with Crippen molar-refractivity contribution in [1.29, 1.82) is 0 Å². The number of likely N-dealkylation sites (N-methyl/N-ethyl adjacent to an activating group) is 2. The Morgan fingerprint density at radius 2 is 0.980 bits per heavy atom. The number of aliphatic hydroxyl groups is 6. The third kappa shape index (κ3) is 57.2. The van der Waals surface area contributed by atoms with Gasteiger partial charge < -0.3 is 161 Å². The molecule has 1 fully saturated rings. The van der Waals surface area contributed by atoms with Crippen LogP contribution >= 0.6 is 21.6 Å². The number of methoxy groups -OCH3 is 4. The van der Waals surface area contributed by atoms with Gasteiger partial charge in [0, 0.05) is 131 Å². The summed E-state index contributed by atoms with van der Waals surface area (Å²) < 4.78 is 61.8. The number of carboxylic acid groups (broad SMARTS) is 1. The lowest BCUT2D eigenvalue weighted by Crippen LogP contribution is -2.59. The first-order valence-electron chi connectivity index (χ1n) is 51.2. The normalized spacial score (nSPS) is 16.0. The van der Waals surface area contributed by atoms with E-state index in [-0.39, 0.29) is 196 Å². The van der Waals surface area contributed by atoms with Crippen LogP contribution in [0.4, 0.5) is 29.7 Å². The Labute approximate surface area is 892 Å². The molecule has 0 aliphatic carbocycles. The second-order valence-electron chi connectivity index (χ2n) is 37.0. The van der Waals surface area contributed by atoms with Gasteiger partial charge in [-0.3, -0.25) is 48.1 Å². The molecule has 20 atom stereocenters. The highest BCUT2D eigenvalue weighted by Gasteiger charge is 2.43. The van der Waals surface area contributed by atoms with Gasteiger partial charge in [0.05, 0.1) is 76.0 Å². The van der Waals surface area contributed by atoms with Crippen LogP contribution in [-0.2, 0) is 107 Å². The first-order valence-corrected chi connectivity index (χ1v) is 53.9. The van der Waals surface area contributed by atoms with Crippen LogP contribution < -0.4 is 58.9 Å². The highest BCUT2D eigenvalue weighted by Crippen LogP contribution is 2.34. The average molecular weight is 2180 g/mol. The first kappa shape index (κ1) is 140. The van der Waals surface area contributed by atoms with Crippen molar-refractivity contribution >= 4 is 111 Å². The number of carbonyl (C=O) groups excluding carboxylic acids is 13. The van der Waals surface area contributed by atoms with E-state index in [1.54, 1.807) is 92.4 Å². The van der Waals surface area contributed by atoms with E-state index >= 15 is 0 Å². The van der Waals surface area contributed by atoms with Crippen LogP contribution in [0.25, 0.3) is 0 Å². The second-order valence-corrected chi connectivity index (χ2v) is 39.6. The van der Waals surface area contributed by atoms with Crippen LogP contribution in [0.3, 0.4) is 0 Å². The third-order valence-corrected chi connectivity index (χ3v) is 26.4. The molecule has 0 saturated carbocycles. The molecule has 0 radical (unpaired) electrons. The number of benzene rings is 2. The van der Waals surface area contributed by atoms with E-state index in [4.69, 9.17) is 88.1 Å². The number of primary amides is 1. The molecular weight excluding hydrogens is 2000 g/mol. The quantitative estimate of drug-likeness (QED) is 0.0148. The Morgan fingerprint density at radius 1 is 0.500 bits per heavy atom. The topological polar surface area (TPSA) is 647 Å². The number of amides is 14. The predicted molar refractivity (Wildman–Crippen MR) is 564 cm³/mol. The molecule has 0 spiro atoms. The molecule has 49 heteroatoms. The Hall–Kier alpha value is -9.84. The summed E-state index contributed by atoms with van der Waals surface area (Å²) in [6.45, 7) is 29.4.